The summed E-state index contributed by atoms with van der Waals surface area (Å²) in [5.74, 6) is 2.38. The maximum Gasteiger partial charge on any atom is 0.254 e. The molecule has 146 valence electrons. The Balaban J connectivity index is 1.54. The molecule has 0 atom stereocenters. The fourth-order valence-corrected chi connectivity index (χ4v) is 3.53. The first kappa shape index (κ1) is 18.4. The molecule has 7 heteroatoms. The van der Waals surface area contributed by atoms with Crippen molar-refractivity contribution >= 4 is 17.5 Å². The van der Waals surface area contributed by atoms with Gasteiger partial charge in [-0.1, -0.05) is 44.2 Å². The van der Waals surface area contributed by atoms with E-state index in [0.29, 0.717) is 18.1 Å². The third kappa shape index (κ3) is 3.83. The summed E-state index contributed by atoms with van der Waals surface area (Å²) in [6, 6.07) is 12.2. The molecular weight excluding hydrogens is 352 g/mol. The number of carbonyl (C=O) groups is 1. The monoisotopic (exact) mass is 378 g/mol. The van der Waals surface area contributed by atoms with Crippen LogP contribution in [0.2, 0.25) is 0 Å². The van der Waals surface area contributed by atoms with Crippen molar-refractivity contribution in [1.82, 2.24) is 24.5 Å². The number of piperazine rings is 1. The van der Waals surface area contributed by atoms with Crippen LogP contribution in [0.5, 0.6) is 0 Å². The topological polar surface area (TPSA) is 66.6 Å². The van der Waals surface area contributed by atoms with Crippen LogP contribution in [-0.4, -0.2) is 56.6 Å². The minimum atomic E-state index is 0.263. The van der Waals surface area contributed by atoms with Crippen molar-refractivity contribution < 1.29 is 4.79 Å². The van der Waals surface area contributed by atoms with E-state index in [1.54, 1.807) is 4.52 Å². The Morgan fingerprint density at radius 1 is 1.11 bits per heavy atom. The number of rotatable bonds is 5. The second-order valence-corrected chi connectivity index (χ2v) is 7.64. The molecule has 3 aromatic rings. The number of nitrogens with zero attached hydrogens (tertiary/aromatic N) is 6. The highest BCUT2D eigenvalue weighted by Gasteiger charge is 2.23. The lowest BCUT2D eigenvalue weighted by molar-refractivity contribution is -0.131. The highest BCUT2D eigenvalue weighted by molar-refractivity contribution is 5.76. The van der Waals surface area contributed by atoms with Crippen LogP contribution in [0.25, 0.3) is 17.0 Å². The summed E-state index contributed by atoms with van der Waals surface area (Å²) < 4.78 is 1.78. The van der Waals surface area contributed by atoms with Crippen LogP contribution in [-0.2, 0) is 4.79 Å². The van der Waals surface area contributed by atoms with E-state index in [1.807, 2.05) is 35.2 Å². The number of hydrogen-bond donors (Lipinski definition) is 0. The number of carbonyl (C=O) groups excluding carboxylic acids is 1. The van der Waals surface area contributed by atoms with Gasteiger partial charge in [0.05, 0.1) is 5.69 Å². The smallest absolute Gasteiger partial charge is 0.254 e. The van der Waals surface area contributed by atoms with Gasteiger partial charge in [0, 0.05) is 44.2 Å². The highest BCUT2D eigenvalue weighted by atomic mass is 16.2. The van der Waals surface area contributed by atoms with Gasteiger partial charge in [-0.2, -0.15) is 14.6 Å². The van der Waals surface area contributed by atoms with Crippen molar-refractivity contribution in [2.45, 2.75) is 26.7 Å². The van der Waals surface area contributed by atoms with Crippen molar-refractivity contribution in [3.8, 4) is 11.3 Å². The predicted molar refractivity (Wildman–Crippen MR) is 109 cm³/mol. The minimum Gasteiger partial charge on any atom is -0.353 e. The number of aromatic nitrogens is 4. The zero-order valence-electron chi connectivity index (χ0n) is 16.5. The first-order valence-electron chi connectivity index (χ1n) is 9.91. The maximum atomic E-state index is 12.4. The molecule has 1 aromatic carbocycles. The quantitative estimate of drug-likeness (QED) is 0.683. The normalized spacial score (nSPS) is 14.8. The molecule has 1 amide bonds. The molecule has 0 spiro atoms. The Hall–Kier alpha value is -2.96. The van der Waals surface area contributed by atoms with E-state index in [2.05, 4.69) is 39.9 Å². The molecule has 0 radical (unpaired) electrons. The van der Waals surface area contributed by atoms with Gasteiger partial charge in [0.25, 0.3) is 5.78 Å². The fourth-order valence-electron chi connectivity index (χ4n) is 3.53. The summed E-state index contributed by atoms with van der Waals surface area (Å²) in [6.45, 7) is 7.33. The summed E-state index contributed by atoms with van der Waals surface area (Å²) in [5.41, 5.74) is 1.93. The van der Waals surface area contributed by atoms with Gasteiger partial charge in [0.1, 0.15) is 12.1 Å². The van der Waals surface area contributed by atoms with E-state index in [-0.39, 0.29) is 5.91 Å². The largest absolute Gasteiger partial charge is 0.353 e. The summed E-state index contributed by atoms with van der Waals surface area (Å²) in [7, 11) is 0. The van der Waals surface area contributed by atoms with Gasteiger partial charge >= 0.3 is 0 Å². The summed E-state index contributed by atoms with van der Waals surface area (Å²) in [5, 5.41) is 4.35. The first-order chi connectivity index (χ1) is 13.6. The number of hydrogen-bond acceptors (Lipinski definition) is 5. The molecule has 7 nitrogen and oxygen atoms in total. The predicted octanol–water partition coefficient (Wildman–Crippen LogP) is 2.88. The van der Waals surface area contributed by atoms with Gasteiger partial charge in [0.15, 0.2) is 0 Å². The van der Waals surface area contributed by atoms with Crippen molar-refractivity contribution in [1.29, 1.82) is 0 Å². The molecule has 28 heavy (non-hydrogen) atoms. The molecule has 1 saturated heterocycles. The third-order valence-electron chi connectivity index (χ3n) is 5.19. The third-order valence-corrected chi connectivity index (χ3v) is 5.19. The number of anilines is 1. The molecule has 2 aromatic heterocycles. The SMILES string of the molecule is CC(C)CCC(=O)N1CCN(c2cc(-c3ccccc3)nc3ncnn23)CC1. The molecule has 0 unspecified atom stereocenters. The lowest BCUT2D eigenvalue weighted by atomic mass is 10.1. The van der Waals surface area contributed by atoms with Gasteiger partial charge in [-0.15, -0.1) is 0 Å². The Bertz CT molecular complexity index is 944. The molecule has 0 bridgehead atoms. The standard InChI is InChI=1S/C21H26N6O/c1-16(2)8-9-20(28)26-12-10-25(11-13-26)19-14-18(17-6-4-3-5-7-17)24-21-22-15-23-27(19)21/h3-7,14-16H,8-13H2,1-2H3. The van der Waals surface area contributed by atoms with Gasteiger partial charge in [-0.3, -0.25) is 4.79 Å². The minimum absolute atomic E-state index is 0.263. The average Bonchev–Trinajstić information content (AvgIpc) is 3.21. The van der Waals surface area contributed by atoms with Crippen LogP contribution in [0, 0.1) is 5.92 Å². The first-order valence-corrected chi connectivity index (χ1v) is 9.91. The van der Waals surface area contributed by atoms with Gasteiger partial charge < -0.3 is 9.80 Å². The van der Waals surface area contributed by atoms with Crippen molar-refractivity contribution in [3.63, 3.8) is 0 Å². The zero-order valence-corrected chi connectivity index (χ0v) is 16.5. The van der Waals surface area contributed by atoms with Crippen LogP contribution in [0.4, 0.5) is 5.82 Å². The number of benzene rings is 1. The fraction of sp³-hybridized carbons (Fsp3) is 0.429. The Morgan fingerprint density at radius 3 is 2.57 bits per heavy atom. The van der Waals surface area contributed by atoms with Gasteiger partial charge in [0.2, 0.25) is 5.91 Å². The zero-order chi connectivity index (χ0) is 19.5. The van der Waals surface area contributed by atoms with Gasteiger partial charge in [-0.25, -0.2) is 4.98 Å². The molecular formula is C21H26N6O. The van der Waals surface area contributed by atoms with Crippen LogP contribution < -0.4 is 4.90 Å². The van der Waals surface area contributed by atoms with Crippen LogP contribution >= 0.6 is 0 Å². The Morgan fingerprint density at radius 2 is 1.86 bits per heavy atom. The molecule has 3 heterocycles. The van der Waals surface area contributed by atoms with E-state index in [0.717, 1.165) is 49.7 Å². The summed E-state index contributed by atoms with van der Waals surface area (Å²) in [6.07, 6.45) is 3.12. The van der Waals surface area contributed by atoms with Crippen molar-refractivity contribution in [2.75, 3.05) is 31.1 Å². The second kappa shape index (κ2) is 7.96. The summed E-state index contributed by atoms with van der Waals surface area (Å²) in [4.78, 5) is 25.6. The van der Waals surface area contributed by atoms with E-state index >= 15 is 0 Å². The van der Waals surface area contributed by atoms with Gasteiger partial charge in [-0.05, 0) is 12.3 Å². The van der Waals surface area contributed by atoms with E-state index in [1.165, 1.54) is 6.33 Å². The maximum absolute atomic E-state index is 12.4. The van der Waals surface area contributed by atoms with Crippen molar-refractivity contribution in [3.05, 3.63) is 42.7 Å². The Labute approximate surface area is 165 Å². The van der Waals surface area contributed by atoms with E-state index in [4.69, 9.17) is 0 Å². The molecule has 0 saturated carbocycles. The molecule has 4 rings (SSSR count). The molecule has 0 N–H and O–H groups in total. The molecule has 1 fully saturated rings. The van der Waals surface area contributed by atoms with Crippen LogP contribution in [0.1, 0.15) is 26.7 Å². The Kier molecular flexibility index (Phi) is 5.23. The van der Waals surface area contributed by atoms with Crippen molar-refractivity contribution in [2.24, 2.45) is 5.92 Å². The van der Waals surface area contributed by atoms with E-state index in [9.17, 15) is 4.79 Å². The second-order valence-electron chi connectivity index (χ2n) is 7.64. The van der Waals surface area contributed by atoms with Crippen LogP contribution in [0.15, 0.2) is 42.7 Å². The lowest BCUT2D eigenvalue weighted by Gasteiger charge is -2.36. The number of fused-ring (bicyclic) bond motifs is 1. The number of amides is 1. The van der Waals surface area contributed by atoms with Crippen LogP contribution in [0.3, 0.4) is 0 Å². The molecule has 1 aliphatic heterocycles. The highest BCUT2D eigenvalue weighted by Crippen LogP contribution is 2.24. The molecule has 0 aliphatic carbocycles. The summed E-state index contributed by atoms with van der Waals surface area (Å²) >= 11 is 0. The molecule has 1 aliphatic rings. The average molecular weight is 378 g/mol. The van der Waals surface area contributed by atoms with E-state index < -0.39 is 0 Å². The lowest BCUT2D eigenvalue weighted by Crippen LogP contribution is -2.49.